The van der Waals surface area contributed by atoms with E-state index < -0.39 is 380 Å². The second-order valence-corrected chi connectivity index (χ2v) is 28.5. The molecule has 0 saturated carbocycles. The van der Waals surface area contributed by atoms with Crippen LogP contribution >= 0.6 is 0 Å². The van der Waals surface area contributed by atoms with Crippen LogP contribution in [0.15, 0.2) is 369 Å². The summed E-state index contributed by atoms with van der Waals surface area (Å²) >= 11 is 0. The van der Waals surface area contributed by atoms with Crippen LogP contribution in [0.3, 0.4) is 0 Å². The topological polar surface area (TPSA) is 35.9 Å². The zero-order valence-corrected chi connectivity index (χ0v) is 54.6. The fourth-order valence-electron chi connectivity index (χ4n) is 12.2. The number of aromatic nitrogens is 4. The predicted octanol–water partition coefficient (Wildman–Crippen LogP) is 15.7. The van der Waals surface area contributed by atoms with Crippen molar-refractivity contribution in [1.82, 2.24) is 14.1 Å². The maximum absolute atomic E-state index is 10.9. The maximum atomic E-state index is 10.9. The fourth-order valence-corrected chi connectivity index (χ4v) is 19.7. The molecular weight excluding hydrogens is 1420 g/mol. The smallest absolute Gasteiger partial charge is 0.268 e. The molecule has 5 nitrogen and oxygen atoms in total. The van der Waals surface area contributed by atoms with Crippen molar-refractivity contribution in [2.45, 2.75) is 6.85 Å². The SMILES string of the molecule is [2H]c1c([2H])c([2H])c(-c2cnc(-n3c4[c-]c(Oc5[c-]c(-n6[c-][n+](-c7c(-c8c([2H])c([2H])c([2H])c([2H])c8[2H])cccc7[Si](c7c([2H])c([2H])c([2H])c([2H])c7[2H])(c7c([2H])c([2H])c([2H])c([2H])c7[2H])c7c([2H])c([2H])c([2H])c([2H])c7[2H])c7ccc(-c8c([2H])c([2H])c([2H])c([Si](c9c([2H])c([2H])c([2H])c([2H])c9[2H])(c9c([2H])c([2H])c([2H])c([2H])c9[2H])c9c([2H])c([2H])c([2H])c([2H])c9[2H])c8[2H])cc76)ccc5)ccc4c4ccccc43)cc2C([2H])([2H])[2H])c([2H])c1[2H].[Pt]. The van der Waals surface area contributed by atoms with Gasteiger partial charge in [0.05, 0.1) is 77.0 Å². The first-order chi connectivity index (χ1) is 68.0. The van der Waals surface area contributed by atoms with Crippen molar-refractivity contribution in [3.05, 3.63) is 393 Å². The van der Waals surface area contributed by atoms with Crippen molar-refractivity contribution in [2.24, 2.45) is 0 Å². The van der Waals surface area contributed by atoms with Crippen molar-refractivity contribution < 1.29 is 94.8 Å². The van der Waals surface area contributed by atoms with Gasteiger partial charge in [-0.05, 0) is 111 Å². The third-order valence-corrected chi connectivity index (χ3v) is 24.5. The molecule has 0 aliphatic carbocycles. The molecule has 0 amide bonds. The molecule has 99 heavy (non-hydrogen) atoms. The molecule has 0 unspecified atom stereocenters. The third kappa shape index (κ3) is 11.0. The van der Waals surface area contributed by atoms with E-state index >= 15 is 0 Å². The Balaban J connectivity index is 0.0000152. The number of fused-ring (bicyclic) bond motifs is 4. The van der Waals surface area contributed by atoms with Crippen molar-refractivity contribution in [3.8, 4) is 62.1 Å². The van der Waals surface area contributed by atoms with Gasteiger partial charge < -0.3 is 13.9 Å². The second-order valence-electron chi connectivity index (χ2n) is 21.5. The normalized spacial score (nSPS) is 18.4. The van der Waals surface area contributed by atoms with Gasteiger partial charge in [0, 0.05) is 54.0 Å². The summed E-state index contributed by atoms with van der Waals surface area (Å²) in [5, 5.41) is -8.05. The van der Waals surface area contributed by atoms with Gasteiger partial charge >= 0.3 is 0 Å². The monoisotopic (exact) mass is 1530 g/mol. The van der Waals surface area contributed by atoms with Gasteiger partial charge in [-0.3, -0.25) is 4.57 Å². The Morgan fingerprint density at radius 3 is 1.53 bits per heavy atom. The quantitative estimate of drug-likeness (QED) is 0.0418. The van der Waals surface area contributed by atoms with Crippen molar-refractivity contribution in [1.29, 1.82) is 0 Å². The molecule has 0 spiro atoms. The number of hydrogen-bond acceptors (Lipinski definition) is 2. The average molecular weight is 1530 g/mol. The van der Waals surface area contributed by atoms with Crippen molar-refractivity contribution in [3.63, 3.8) is 0 Å². The maximum Gasteiger partial charge on any atom is 0.268 e. The number of hydrogen-bond donors (Lipinski definition) is 0. The van der Waals surface area contributed by atoms with Crippen LogP contribution in [0.4, 0.5) is 0 Å². The Kier molecular flexibility index (Phi) is 7.91. The van der Waals surface area contributed by atoms with E-state index in [0.717, 1.165) is 57.8 Å². The molecule has 0 aliphatic rings. The van der Waals surface area contributed by atoms with Crippen LogP contribution in [0.5, 0.6) is 11.5 Å². The van der Waals surface area contributed by atoms with Gasteiger partial charge in [-0.15, -0.1) is 29.7 Å². The van der Waals surface area contributed by atoms with Crippen LogP contribution in [0, 0.1) is 25.3 Å². The molecule has 14 aromatic carbocycles. The van der Waals surface area contributed by atoms with E-state index in [2.05, 4.69) is 23.4 Å². The van der Waals surface area contributed by atoms with Gasteiger partial charge in [0.15, 0.2) is 16.1 Å². The summed E-state index contributed by atoms with van der Waals surface area (Å²) in [5.74, 6) is -0.591. The molecule has 0 N–H and O–H groups in total. The molecule has 0 fully saturated rings. The van der Waals surface area contributed by atoms with Crippen molar-refractivity contribution in [2.75, 3.05) is 0 Å². The molecule has 0 aliphatic heterocycles. The van der Waals surface area contributed by atoms with Gasteiger partial charge in [0.2, 0.25) is 0 Å². The summed E-state index contributed by atoms with van der Waals surface area (Å²) in [6, 6.07) is -24.4. The van der Waals surface area contributed by atoms with Crippen LogP contribution in [-0.4, -0.2) is 30.3 Å². The molecule has 3 aromatic heterocycles. The average Bonchev–Trinajstić information content (AvgIpc) is 1.37. The number of para-hydroxylation sites is 2. The van der Waals surface area contributed by atoms with E-state index in [0.29, 0.717) is 16.3 Å². The van der Waals surface area contributed by atoms with E-state index in [1.165, 1.54) is 28.8 Å². The van der Waals surface area contributed by atoms with Gasteiger partial charge in [-0.25, -0.2) is 4.98 Å². The van der Waals surface area contributed by atoms with E-state index in [9.17, 15) is 43.9 Å². The molecule has 0 saturated heterocycles. The Hall–Kier alpha value is -11.6. The summed E-state index contributed by atoms with van der Waals surface area (Å²) in [5.41, 5.74) is -5.74. The number of pyridine rings is 1. The van der Waals surface area contributed by atoms with E-state index in [-0.39, 0.29) is 55.1 Å². The van der Waals surface area contributed by atoms with Crippen LogP contribution in [-0.2, 0) is 21.1 Å². The summed E-state index contributed by atoms with van der Waals surface area (Å²) in [7, 11) is -13.2. The molecule has 17 rings (SSSR count). The standard InChI is InChI=1S/C91H64N4OSi2.Pt/c1-66-59-90(92-64-84(66)68-33-12-3-13-34-68)95-85-53-27-26-51-82(85)83-57-56-73(63-87(83)95)96-72-37-29-36-71(62-72)93-65-94(91-81(67-31-10-2-11-32-67)52-30-54-89(91)98(77-44-20-7-21-45-77,78-46-22-8-23-47-78)79-48-24-9-25-49-79)86-58-55-70(61-88(86)93)69-35-28-50-80(60-69)97(74-38-14-4-15-39-74,75-40-16-5-17-41-75)76-42-18-6-19-43-76;/h2-61,64H,1H3;/q-2;/i1D3,2D,3D,4D,5D,6D,7D,8D,9D,10D,11D,12D,13D,14D,15D,16D,17D,18D,19D,20D,21D,22D,23D,24D,25D,28D,31D,32D,33D,34D,35D,38D,39D,40D,41D,42D,43D,44D,45D,46D,47D,48D,49D,50D,60D;. The molecule has 0 atom stereocenters. The largest absolute Gasteiger partial charge is 0.510 e. The van der Waals surface area contributed by atoms with E-state index in [1.54, 1.807) is 30.3 Å². The Morgan fingerprint density at radius 2 is 0.939 bits per heavy atom. The summed E-state index contributed by atoms with van der Waals surface area (Å²) in [6.07, 6.45) is 4.21. The van der Waals surface area contributed by atoms with Crippen LogP contribution in [0.1, 0.15) is 70.0 Å². The first-order valence-corrected chi connectivity index (χ1v) is 33.5. The number of rotatable bonds is 16. The molecule has 3 heterocycles. The summed E-state index contributed by atoms with van der Waals surface area (Å²) in [4.78, 5) is 4.66. The van der Waals surface area contributed by atoms with Crippen LogP contribution < -0.4 is 50.8 Å². The molecule has 0 radical (unpaired) electrons. The number of nitrogens with zero attached hydrogens (tertiary/aromatic N) is 4. The second kappa shape index (κ2) is 26.8. The molecule has 17 aromatic rings. The fraction of sp³-hybridized carbons (Fsp3) is 0.0110. The van der Waals surface area contributed by atoms with Crippen molar-refractivity contribution >= 4 is 90.5 Å². The molecule has 474 valence electrons. The number of ether oxygens (including phenoxy) is 1. The minimum absolute atomic E-state index is 0. The summed E-state index contributed by atoms with van der Waals surface area (Å²) in [6.45, 7) is -3.07. The van der Waals surface area contributed by atoms with Crippen LogP contribution in [0.2, 0.25) is 0 Å². The first kappa shape index (κ1) is 29.2. The zero-order chi connectivity index (χ0) is 106. The Bertz CT molecular complexity index is 8120. The summed E-state index contributed by atoms with van der Waals surface area (Å²) < 4.78 is 455. The minimum atomic E-state index is -6.64. The predicted molar refractivity (Wildman–Crippen MR) is 408 cm³/mol. The van der Waals surface area contributed by atoms with Gasteiger partial charge in [-0.1, -0.05) is 320 Å². The Morgan fingerprint density at radius 1 is 0.424 bits per heavy atom. The van der Waals surface area contributed by atoms with Gasteiger partial charge in [-0.2, -0.15) is 18.2 Å². The third-order valence-electron chi connectivity index (χ3n) is 16.3. The van der Waals surface area contributed by atoms with Gasteiger partial charge in [0.1, 0.15) is 5.82 Å². The number of aryl methyl sites for hydroxylation is 1. The molecule has 0 bridgehead atoms. The number of imidazole rings is 1. The molecular formula is C91H64N4OPtSi2-2. The Labute approximate surface area is 659 Å². The van der Waals surface area contributed by atoms with E-state index in [4.69, 9.17) is 25.3 Å². The first-order valence-electron chi connectivity index (χ1n) is 53.0. The van der Waals surface area contributed by atoms with Crippen LogP contribution in [0.25, 0.3) is 83.4 Å². The molecule has 8 heteroatoms. The zero-order valence-electron chi connectivity index (χ0n) is 97.3. The minimum Gasteiger partial charge on any atom is -0.510 e. The van der Waals surface area contributed by atoms with E-state index in [1.807, 2.05) is 0 Å². The van der Waals surface area contributed by atoms with Gasteiger partial charge in [0.25, 0.3) is 6.33 Å². The number of benzene rings is 14.